The quantitative estimate of drug-likeness (QED) is 0.0958. The van der Waals surface area contributed by atoms with Gasteiger partial charge in [0.2, 0.25) is 5.75 Å². The number of carbonyl (C=O) groups is 2. The smallest absolute Gasteiger partial charge is 0.343 e. The summed E-state index contributed by atoms with van der Waals surface area (Å²) < 4.78 is 34.9. The van der Waals surface area contributed by atoms with E-state index < -0.39 is 5.97 Å². The molecule has 0 aromatic heterocycles. The van der Waals surface area contributed by atoms with Crippen molar-refractivity contribution in [3.8, 4) is 34.5 Å². The molecule has 0 aliphatic carbocycles. The van der Waals surface area contributed by atoms with Gasteiger partial charge in [-0.05, 0) is 50.1 Å². The normalized spacial score (nSPS) is 10.6. The van der Waals surface area contributed by atoms with Crippen LogP contribution in [0.3, 0.4) is 0 Å². The van der Waals surface area contributed by atoms with E-state index in [1.165, 1.54) is 33.3 Å². The maximum Gasteiger partial charge on any atom is 0.343 e. The number of hydrogen-bond acceptors (Lipinski definition) is 8. The lowest BCUT2D eigenvalue weighted by Crippen LogP contribution is -2.15. The largest absolute Gasteiger partial charge is 0.493 e. The molecular weight excluding hydrogens is 536 g/mol. The Bertz CT molecular complexity index is 1510. The van der Waals surface area contributed by atoms with Crippen LogP contribution in [0.15, 0.2) is 84.9 Å². The van der Waals surface area contributed by atoms with E-state index in [1.807, 2.05) is 74.5 Å². The van der Waals surface area contributed by atoms with Crippen molar-refractivity contribution in [3.63, 3.8) is 0 Å². The molecule has 0 fully saturated rings. The topological polar surface area (TPSA) is 89.5 Å². The van der Waals surface area contributed by atoms with E-state index >= 15 is 0 Å². The molecule has 8 nitrogen and oxygen atoms in total. The first kappa shape index (κ1) is 30.0. The summed E-state index contributed by atoms with van der Waals surface area (Å²) in [5.74, 6) is 0.349. The molecule has 0 spiro atoms. The summed E-state index contributed by atoms with van der Waals surface area (Å²) in [6.45, 7) is 5.55. The Morgan fingerprint density at radius 3 is 1.79 bits per heavy atom. The fourth-order valence-corrected chi connectivity index (χ4v) is 4.20. The number of rotatable bonds is 13. The van der Waals surface area contributed by atoms with E-state index in [0.29, 0.717) is 18.1 Å². The number of ketones is 1. The molecule has 8 heteroatoms. The average molecular weight is 571 g/mol. The Hall–Kier alpha value is -4.98. The average Bonchev–Trinajstić information content (AvgIpc) is 2.99. The van der Waals surface area contributed by atoms with Crippen molar-refractivity contribution in [3.05, 3.63) is 107 Å². The molecular formula is C34H34O8. The van der Waals surface area contributed by atoms with Crippen LogP contribution in [0.2, 0.25) is 0 Å². The summed E-state index contributed by atoms with van der Waals surface area (Å²) in [7, 11) is 2.95. The molecule has 218 valence electrons. The van der Waals surface area contributed by atoms with Crippen molar-refractivity contribution in [2.45, 2.75) is 40.1 Å². The van der Waals surface area contributed by atoms with E-state index in [1.54, 1.807) is 12.1 Å². The zero-order valence-electron chi connectivity index (χ0n) is 24.3. The number of carbonyl (C=O) groups excluding carboxylic acids is 2. The number of Topliss-reactive ketones (excluding diaryl/α,β-unsaturated/α-hetero) is 1. The molecule has 0 unspecified atom stereocenters. The highest BCUT2D eigenvalue weighted by atomic mass is 16.6. The number of esters is 1. The van der Waals surface area contributed by atoms with Gasteiger partial charge in [-0.15, -0.1) is 0 Å². The summed E-state index contributed by atoms with van der Waals surface area (Å²) in [6.07, 6.45) is -0.308. The monoisotopic (exact) mass is 570 g/mol. The van der Waals surface area contributed by atoms with Crippen LogP contribution in [0, 0.1) is 0 Å². The lowest BCUT2D eigenvalue weighted by molar-refractivity contribution is 0.0730. The highest BCUT2D eigenvalue weighted by Gasteiger charge is 2.28. The Labute approximate surface area is 245 Å². The molecule has 0 atom stereocenters. The van der Waals surface area contributed by atoms with Crippen molar-refractivity contribution in [1.82, 2.24) is 0 Å². The van der Waals surface area contributed by atoms with Gasteiger partial charge in [0.05, 0.1) is 25.9 Å². The van der Waals surface area contributed by atoms with Crippen LogP contribution in [-0.2, 0) is 13.2 Å². The third-order valence-corrected chi connectivity index (χ3v) is 6.15. The molecule has 4 aromatic carbocycles. The van der Waals surface area contributed by atoms with Crippen molar-refractivity contribution < 1.29 is 38.0 Å². The second-order valence-corrected chi connectivity index (χ2v) is 9.64. The van der Waals surface area contributed by atoms with Crippen LogP contribution >= 0.6 is 0 Å². The summed E-state index contributed by atoms with van der Waals surface area (Å²) in [4.78, 5) is 26.3. The van der Waals surface area contributed by atoms with Gasteiger partial charge in [0.1, 0.15) is 24.5 Å². The molecule has 0 heterocycles. The minimum absolute atomic E-state index is 0.0182. The Morgan fingerprint density at radius 1 is 0.667 bits per heavy atom. The molecule has 4 aromatic rings. The van der Waals surface area contributed by atoms with Crippen LogP contribution in [0.1, 0.15) is 52.6 Å². The van der Waals surface area contributed by atoms with Crippen LogP contribution in [0.25, 0.3) is 0 Å². The van der Waals surface area contributed by atoms with Gasteiger partial charge in [-0.1, -0.05) is 60.7 Å². The van der Waals surface area contributed by atoms with Gasteiger partial charge in [-0.2, -0.15) is 0 Å². The first-order chi connectivity index (χ1) is 20.3. The minimum atomic E-state index is -0.708. The van der Waals surface area contributed by atoms with Gasteiger partial charge in [0.15, 0.2) is 28.8 Å². The second-order valence-electron chi connectivity index (χ2n) is 9.64. The molecule has 0 saturated carbocycles. The summed E-state index contributed by atoms with van der Waals surface area (Å²) in [5, 5.41) is 0. The standard InChI is InChI=1S/C34H34O8/c1-22(2)41-33-31(23(3)35)29(19-30(32(33)38-5)40-21-25-14-10-7-11-15-25)42-34(36)26-16-17-27(28(18-26)37-4)39-20-24-12-8-6-9-13-24/h6-19,22H,20-21H2,1-5H3. The summed E-state index contributed by atoms with van der Waals surface area (Å²) in [5.41, 5.74) is 2.17. The molecule has 0 aliphatic rings. The van der Waals surface area contributed by atoms with Gasteiger partial charge in [-0.25, -0.2) is 4.79 Å². The fourth-order valence-electron chi connectivity index (χ4n) is 4.20. The zero-order chi connectivity index (χ0) is 30.1. The fraction of sp³-hybridized carbons (Fsp3) is 0.235. The molecule has 0 amide bonds. The van der Waals surface area contributed by atoms with Crippen LogP contribution < -0.4 is 28.4 Å². The maximum absolute atomic E-state index is 13.4. The molecule has 0 bridgehead atoms. The Morgan fingerprint density at radius 2 is 1.26 bits per heavy atom. The van der Waals surface area contributed by atoms with Gasteiger partial charge < -0.3 is 28.4 Å². The van der Waals surface area contributed by atoms with Crippen molar-refractivity contribution in [2.75, 3.05) is 14.2 Å². The number of hydrogen-bond donors (Lipinski definition) is 0. The van der Waals surface area contributed by atoms with Gasteiger partial charge >= 0.3 is 5.97 Å². The third kappa shape index (κ3) is 7.40. The first-order valence-electron chi connectivity index (χ1n) is 13.5. The summed E-state index contributed by atoms with van der Waals surface area (Å²) >= 11 is 0. The zero-order valence-corrected chi connectivity index (χ0v) is 24.3. The summed E-state index contributed by atoms with van der Waals surface area (Å²) in [6, 6.07) is 25.5. The highest BCUT2D eigenvalue weighted by molar-refractivity contribution is 6.03. The number of benzene rings is 4. The van der Waals surface area contributed by atoms with E-state index in [0.717, 1.165) is 11.1 Å². The number of ether oxygens (including phenoxy) is 6. The van der Waals surface area contributed by atoms with Gasteiger partial charge in [0.25, 0.3) is 0 Å². The first-order valence-corrected chi connectivity index (χ1v) is 13.5. The predicted molar refractivity (Wildman–Crippen MR) is 158 cm³/mol. The van der Waals surface area contributed by atoms with E-state index in [9.17, 15) is 9.59 Å². The molecule has 0 aliphatic heterocycles. The third-order valence-electron chi connectivity index (χ3n) is 6.15. The molecule has 0 N–H and O–H groups in total. The van der Waals surface area contributed by atoms with E-state index in [4.69, 9.17) is 28.4 Å². The van der Waals surface area contributed by atoms with E-state index in [-0.39, 0.29) is 52.6 Å². The maximum atomic E-state index is 13.4. The van der Waals surface area contributed by atoms with Crippen molar-refractivity contribution in [2.24, 2.45) is 0 Å². The lowest BCUT2D eigenvalue weighted by atomic mass is 10.1. The molecule has 42 heavy (non-hydrogen) atoms. The van der Waals surface area contributed by atoms with Crippen molar-refractivity contribution >= 4 is 11.8 Å². The molecule has 4 rings (SSSR count). The Balaban J connectivity index is 1.66. The van der Waals surface area contributed by atoms with Crippen LogP contribution in [-0.4, -0.2) is 32.1 Å². The second kappa shape index (κ2) is 14.1. The lowest BCUT2D eigenvalue weighted by Gasteiger charge is -2.21. The highest BCUT2D eigenvalue weighted by Crippen LogP contribution is 2.46. The molecule has 0 radical (unpaired) electrons. The molecule has 0 saturated heterocycles. The minimum Gasteiger partial charge on any atom is -0.493 e. The number of methoxy groups -OCH3 is 2. The van der Waals surface area contributed by atoms with Gasteiger partial charge in [-0.3, -0.25) is 4.79 Å². The Kier molecular flexibility index (Phi) is 10.1. The van der Waals surface area contributed by atoms with E-state index in [2.05, 4.69) is 0 Å². The van der Waals surface area contributed by atoms with Gasteiger partial charge in [0, 0.05) is 6.07 Å². The predicted octanol–water partition coefficient (Wildman–Crippen LogP) is 7.07. The van der Waals surface area contributed by atoms with Crippen LogP contribution in [0.5, 0.6) is 34.5 Å². The SMILES string of the molecule is COc1cc(C(=O)Oc2cc(OCc3ccccc3)c(OC)c(OC(C)C)c2C(C)=O)ccc1OCc1ccccc1. The van der Waals surface area contributed by atoms with Crippen molar-refractivity contribution in [1.29, 1.82) is 0 Å². The van der Waals surface area contributed by atoms with Crippen LogP contribution in [0.4, 0.5) is 0 Å².